The van der Waals surface area contributed by atoms with Gasteiger partial charge in [0.05, 0.1) is 16.9 Å². The largest absolute Gasteiger partial charge is 0.370 e. The number of sulfonamides is 1. The Morgan fingerprint density at radius 1 is 0.909 bits per heavy atom. The van der Waals surface area contributed by atoms with Crippen LogP contribution < -0.4 is 19.8 Å². The van der Waals surface area contributed by atoms with Crippen molar-refractivity contribution in [3.05, 3.63) is 82.9 Å². The van der Waals surface area contributed by atoms with Crippen LogP contribution in [0.3, 0.4) is 0 Å². The molecule has 2 heterocycles. The number of nitrogens with zero attached hydrogens (tertiary/aromatic N) is 5. The number of anilines is 3. The van der Waals surface area contributed by atoms with Gasteiger partial charge in [-0.1, -0.05) is 37.3 Å². The van der Waals surface area contributed by atoms with Crippen molar-refractivity contribution in [1.29, 1.82) is 5.26 Å². The molecule has 0 atom stereocenters. The lowest BCUT2D eigenvalue weighted by Crippen LogP contribution is -2.49. The molecule has 5 rings (SSSR count). The van der Waals surface area contributed by atoms with Crippen LogP contribution in [0.5, 0.6) is 0 Å². The van der Waals surface area contributed by atoms with Gasteiger partial charge >= 0.3 is 0 Å². The summed E-state index contributed by atoms with van der Waals surface area (Å²) in [6, 6.07) is 21.4. The molecule has 2 aliphatic rings. The summed E-state index contributed by atoms with van der Waals surface area (Å²) in [6.07, 6.45) is 2.94. The van der Waals surface area contributed by atoms with Crippen LogP contribution in [0, 0.1) is 25.2 Å². The minimum atomic E-state index is -3.86. The molecule has 232 valence electrons. The number of carbonyl (C=O) groups is 1. The average molecular weight is 615 g/mol. The van der Waals surface area contributed by atoms with Gasteiger partial charge in [-0.3, -0.25) is 4.79 Å². The summed E-state index contributed by atoms with van der Waals surface area (Å²) in [5, 5.41) is 15.1. The molecule has 2 saturated heterocycles. The van der Waals surface area contributed by atoms with Crippen molar-refractivity contribution in [2.75, 3.05) is 60.5 Å². The van der Waals surface area contributed by atoms with E-state index in [1.165, 1.54) is 6.07 Å². The van der Waals surface area contributed by atoms with Crippen LogP contribution in [-0.4, -0.2) is 71.1 Å². The zero-order valence-corrected chi connectivity index (χ0v) is 26.7. The molecule has 0 unspecified atom stereocenters. The number of primary sulfonamides is 1. The number of hydrogen-bond acceptors (Lipinski definition) is 7. The molecule has 10 heteroatoms. The molecule has 0 saturated carbocycles. The zero-order chi connectivity index (χ0) is 31.4. The third-order valence-corrected chi connectivity index (χ3v) is 9.86. The number of piperazine rings is 1. The maximum atomic E-state index is 13.9. The summed E-state index contributed by atoms with van der Waals surface area (Å²) >= 11 is 0. The fourth-order valence-corrected chi connectivity index (χ4v) is 7.42. The van der Waals surface area contributed by atoms with E-state index < -0.39 is 10.0 Å². The molecule has 0 radical (unpaired) electrons. The molecular weight excluding hydrogens is 572 g/mol. The Kier molecular flexibility index (Phi) is 9.47. The van der Waals surface area contributed by atoms with Crippen molar-refractivity contribution in [1.82, 2.24) is 4.90 Å². The monoisotopic (exact) mass is 614 g/mol. The molecule has 1 amide bonds. The zero-order valence-electron chi connectivity index (χ0n) is 25.9. The minimum Gasteiger partial charge on any atom is -0.370 e. The molecule has 0 spiro atoms. The highest BCUT2D eigenvalue weighted by Crippen LogP contribution is 2.33. The quantitative estimate of drug-likeness (QED) is 0.392. The molecule has 2 N–H and O–H groups in total. The fourth-order valence-electron chi connectivity index (χ4n) is 6.66. The van der Waals surface area contributed by atoms with Gasteiger partial charge in [-0.05, 0) is 74.6 Å². The number of para-hydroxylation sites is 2. The normalized spacial score (nSPS) is 16.1. The van der Waals surface area contributed by atoms with Crippen molar-refractivity contribution >= 4 is 33.0 Å². The highest BCUT2D eigenvalue weighted by molar-refractivity contribution is 7.89. The van der Waals surface area contributed by atoms with Crippen LogP contribution in [0.4, 0.5) is 17.1 Å². The number of rotatable bonds is 8. The van der Waals surface area contributed by atoms with E-state index in [1.807, 2.05) is 41.0 Å². The van der Waals surface area contributed by atoms with Gasteiger partial charge in [-0.25, -0.2) is 13.6 Å². The lowest BCUT2D eigenvalue weighted by atomic mass is 9.97. The average Bonchev–Trinajstić information content (AvgIpc) is 3.03. The maximum Gasteiger partial charge on any atom is 0.254 e. The van der Waals surface area contributed by atoms with Gasteiger partial charge < -0.3 is 19.6 Å². The van der Waals surface area contributed by atoms with E-state index in [1.54, 1.807) is 18.2 Å². The first-order chi connectivity index (χ1) is 21.1. The minimum absolute atomic E-state index is 0.00232. The molecule has 0 aromatic heterocycles. The number of amides is 1. The van der Waals surface area contributed by atoms with Crippen LogP contribution in [0.25, 0.3) is 0 Å². The number of piperidine rings is 1. The van der Waals surface area contributed by atoms with Crippen molar-refractivity contribution in [3.8, 4) is 6.07 Å². The van der Waals surface area contributed by atoms with Gasteiger partial charge in [-0.2, -0.15) is 5.26 Å². The van der Waals surface area contributed by atoms with Crippen LogP contribution >= 0.6 is 0 Å². The Balaban J connectivity index is 1.32. The van der Waals surface area contributed by atoms with E-state index in [0.29, 0.717) is 49.0 Å². The first kappa shape index (κ1) is 31.4. The Morgan fingerprint density at radius 2 is 1.52 bits per heavy atom. The Labute approximate surface area is 261 Å². The van der Waals surface area contributed by atoms with Crippen LogP contribution in [0.2, 0.25) is 0 Å². The smallest absolute Gasteiger partial charge is 0.254 e. The van der Waals surface area contributed by atoms with Gasteiger partial charge in [0.2, 0.25) is 10.0 Å². The number of nitriles is 1. The van der Waals surface area contributed by atoms with Crippen molar-refractivity contribution < 1.29 is 13.2 Å². The Bertz CT molecular complexity index is 1650. The van der Waals surface area contributed by atoms with Gasteiger partial charge in [0, 0.05) is 63.1 Å². The fraction of sp³-hybridized carbons (Fsp3) is 0.412. The van der Waals surface area contributed by atoms with E-state index >= 15 is 0 Å². The van der Waals surface area contributed by atoms with E-state index in [-0.39, 0.29) is 10.8 Å². The van der Waals surface area contributed by atoms with Gasteiger partial charge in [0.1, 0.15) is 11.0 Å². The summed E-state index contributed by atoms with van der Waals surface area (Å²) in [4.78, 5) is 22.7. The molecule has 3 aromatic rings. The standard InChI is InChI=1S/C34H42N6O3S/c1-4-15-40(28-13-16-37(17-14-28)30-10-6-5-9-27(30)24-35)32-23-29(25(2)22-26(32)3)34(41)39-20-18-38(19-21-39)31-11-7-8-12-33(31)44(36,42)43/h5-12,22-23,28H,4,13-21H2,1-3H3,(H2,36,42,43). The topological polar surface area (TPSA) is 114 Å². The van der Waals surface area contributed by atoms with Gasteiger partial charge in [0.15, 0.2) is 0 Å². The van der Waals surface area contributed by atoms with Gasteiger partial charge in [0.25, 0.3) is 5.91 Å². The molecule has 2 aliphatic heterocycles. The molecule has 44 heavy (non-hydrogen) atoms. The summed E-state index contributed by atoms with van der Waals surface area (Å²) < 4.78 is 24.3. The predicted molar refractivity (Wildman–Crippen MR) is 176 cm³/mol. The molecule has 3 aromatic carbocycles. The van der Waals surface area contributed by atoms with Gasteiger partial charge in [-0.15, -0.1) is 0 Å². The van der Waals surface area contributed by atoms with Crippen LogP contribution in [0.15, 0.2) is 65.6 Å². The van der Waals surface area contributed by atoms with Crippen molar-refractivity contribution in [2.24, 2.45) is 5.14 Å². The number of nitrogens with two attached hydrogens (primary N) is 1. The second-order valence-electron chi connectivity index (χ2n) is 11.8. The van der Waals surface area contributed by atoms with Crippen molar-refractivity contribution in [3.63, 3.8) is 0 Å². The highest BCUT2D eigenvalue weighted by atomic mass is 32.2. The number of aryl methyl sites for hydroxylation is 2. The van der Waals surface area contributed by atoms with Crippen LogP contribution in [0.1, 0.15) is 53.2 Å². The predicted octanol–water partition coefficient (Wildman–Crippen LogP) is 4.67. The number of benzene rings is 3. The van der Waals surface area contributed by atoms with E-state index in [9.17, 15) is 18.5 Å². The highest BCUT2D eigenvalue weighted by Gasteiger charge is 2.30. The summed E-state index contributed by atoms with van der Waals surface area (Å²) in [6.45, 7) is 11.0. The molecule has 0 aliphatic carbocycles. The third-order valence-electron chi connectivity index (χ3n) is 8.90. The third kappa shape index (κ3) is 6.54. The second kappa shape index (κ2) is 13.3. The summed E-state index contributed by atoms with van der Waals surface area (Å²) in [5.74, 6) is 0.00232. The molecule has 9 nitrogen and oxygen atoms in total. The number of carbonyl (C=O) groups excluding carboxylic acids is 1. The number of hydrogen-bond donors (Lipinski definition) is 1. The van der Waals surface area contributed by atoms with E-state index in [2.05, 4.69) is 41.8 Å². The summed E-state index contributed by atoms with van der Waals surface area (Å²) in [7, 11) is -3.86. The molecular formula is C34H42N6O3S. The van der Waals surface area contributed by atoms with E-state index in [4.69, 9.17) is 5.14 Å². The Morgan fingerprint density at radius 3 is 2.16 bits per heavy atom. The lowest BCUT2D eigenvalue weighted by molar-refractivity contribution is 0.0746. The first-order valence-electron chi connectivity index (χ1n) is 15.4. The molecule has 0 bridgehead atoms. The van der Waals surface area contributed by atoms with Crippen molar-refractivity contribution in [2.45, 2.75) is 51.0 Å². The first-order valence-corrected chi connectivity index (χ1v) is 16.9. The van der Waals surface area contributed by atoms with Crippen LogP contribution in [-0.2, 0) is 10.0 Å². The lowest BCUT2D eigenvalue weighted by Gasteiger charge is -2.41. The summed E-state index contributed by atoms with van der Waals surface area (Å²) in [5.41, 5.74) is 6.23. The van der Waals surface area contributed by atoms with E-state index in [0.717, 1.165) is 61.4 Å². The SMILES string of the molecule is CCCN(c1cc(C(=O)N2CCN(c3ccccc3S(N)(=O)=O)CC2)c(C)cc1C)C1CCN(c2ccccc2C#N)CC1. The maximum absolute atomic E-state index is 13.9. The second-order valence-corrected chi connectivity index (χ2v) is 13.3. The molecule has 2 fully saturated rings. The Hall–Kier alpha value is -4.07.